The van der Waals surface area contributed by atoms with Gasteiger partial charge in [-0.2, -0.15) is 0 Å². The first-order chi connectivity index (χ1) is 14.9. The Kier molecular flexibility index (Phi) is 7.79. The lowest BCUT2D eigenvalue weighted by molar-refractivity contribution is 0.0930. The van der Waals surface area contributed by atoms with E-state index < -0.39 is 10.0 Å². The van der Waals surface area contributed by atoms with E-state index in [1.807, 2.05) is 0 Å². The zero-order valence-corrected chi connectivity index (χ0v) is 18.8. The number of rotatable bonds is 7. The summed E-state index contributed by atoms with van der Waals surface area (Å²) < 4.78 is 38.3. The largest absolute Gasteiger partial charge is 0.493 e. The van der Waals surface area contributed by atoms with Crippen LogP contribution in [-0.4, -0.2) is 34.6 Å². The molecule has 0 unspecified atom stereocenters. The molecule has 1 saturated carbocycles. The molecule has 3 rings (SSSR count). The van der Waals surface area contributed by atoms with E-state index in [-0.39, 0.29) is 16.8 Å². The van der Waals surface area contributed by atoms with Crippen molar-refractivity contribution >= 4 is 21.6 Å². The average Bonchev–Trinajstić information content (AvgIpc) is 2.75. The minimum Gasteiger partial charge on any atom is -0.493 e. The van der Waals surface area contributed by atoms with Gasteiger partial charge in [0.25, 0.3) is 15.9 Å². The Bertz CT molecular complexity index is 982. The molecule has 8 heteroatoms. The van der Waals surface area contributed by atoms with Gasteiger partial charge in [-0.25, -0.2) is 8.42 Å². The fourth-order valence-electron chi connectivity index (χ4n) is 3.76. The molecule has 1 fully saturated rings. The van der Waals surface area contributed by atoms with Crippen molar-refractivity contribution in [3.8, 4) is 11.5 Å². The third-order valence-electron chi connectivity index (χ3n) is 5.51. The minimum absolute atomic E-state index is 0.0521. The van der Waals surface area contributed by atoms with Crippen molar-refractivity contribution in [2.24, 2.45) is 0 Å². The summed E-state index contributed by atoms with van der Waals surface area (Å²) in [5, 5.41) is 3.12. The van der Waals surface area contributed by atoms with Crippen LogP contribution >= 0.6 is 0 Å². The van der Waals surface area contributed by atoms with Crippen LogP contribution in [0, 0.1) is 0 Å². The van der Waals surface area contributed by atoms with Crippen molar-refractivity contribution in [2.75, 3.05) is 18.9 Å². The predicted molar refractivity (Wildman–Crippen MR) is 120 cm³/mol. The van der Waals surface area contributed by atoms with Crippen LogP contribution in [0.25, 0.3) is 0 Å². The number of nitrogens with one attached hydrogen (secondary N) is 2. The molecule has 168 valence electrons. The molecular formula is C23H30N2O5S. The van der Waals surface area contributed by atoms with E-state index in [1.54, 1.807) is 24.3 Å². The molecule has 1 aliphatic carbocycles. The van der Waals surface area contributed by atoms with E-state index in [2.05, 4.69) is 10.0 Å². The summed E-state index contributed by atoms with van der Waals surface area (Å²) in [5.74, 6) is 0.646. The lowest BCUT2D eigenvalue weighted by Crippen LogP contribution is -2.35. The molecule has 7 nitrogen and oxygen atoms in total. The fraction of sp³-hybridized carbons (Fsp3) is 0.435. The highest BCUT2D eigenvalue weighted by Gasteiger charge is 2.18. The smallest absolute Gasteiger partial charge is 0.262 e. The van der Waals surface area contributed by atoms with Crippen molar-refractivity contribution in [2.45, 2.75) is 55.9 Å². The second kappa shape index (κ2) is 10.5. The highest BCUT2D eigenvalue weighted by molar-refractivity contribution is 7.92. The van der Waals surface area contributed by atoms with Crippen LogP contribution in [0.5, 0.6) is 11.5 Å². The van der Waals surface area contributed by atoms with Crippen LogP contribution in [0.3, 0.4) is 0 Å². The second-order valence-corrected chi connectivity index (χ2v) is 9.40. The molecule has 0 bridgehead atoms. The SMILES string of the molecule is COc1ccc(S(=O)(=O)Nc2ccc(C(=O)NC3CCCCCCC3)cc2)cc1OC. The highest BCUT2D eigenvalue weighted by Crippen LogP contribution is 2.30. The molecule has 1 amide bonds. The number of methoxy groups -OCH3 is 2. The van der Waals surface area contributed by atoms with Crippen LogP contribution in [0.2, 0.25) is 0 Å². The maximum absolute atomic E-state index is 12.7. The zero-order chi connectivity index (χ0) is 22.3. The summed E-state index contributed by atoms with van der Waals surface area (Å²) in [4.78, 5) is 12.6. The van der Waals surface area contributed by atoms with Gasteiger partial charge in [0.15, 0.2) is 11.5 Å². The molecule has 0 spiro atoms. The highest BCUT2D eigenvalue weighted by atomic mass is 32.2. The van der Waals surface area contributed by atoms with Gasteiger partial charge in [-0.05, 0) is 49.2 Å². The van der Waals surface area contributed by atoms with Crippen molar-refractivity contribution in [1.82, 2.24) is 5.32 Å². The normalized spacial score (nSPS) is 15.4. The Labute approximate surface area is 184 Å². The number of benzene rings is 2. The monoisotopic (exact) mass is 446 g/mol. The molecule has 0 aromatic heterocycles. The van der Waals surface area contributed by atoms with Crippen molar-refractivity contribution in [3.05, 3.63) is 48.0 Å². The molecule has 0 aliphatic heterocycles. The summed E-state index contributed by atoms with van der Waals surface area (Å²) in [5.41, 5.74) is 0.883. The van der Waals surface area contributed by atoms with Gasteiger partial charge in [-0.3, -0.25) is 9.52 Å². The summed E-state index contributed by atoms with van der Waals surface area (Å²) >= 11 is 0. The molecule has 1 aliphatic rings. The topological polar surface area (TPSA) is 93.7 Å². The number of hydrogen-bond acceptors (Lipinski definition) is 5. The lowest BCUT2D eigenvalue weighted by Gasteiger charge is -2.21. The van der Waals surface area contributed by atoms with Crippen molar-refractivity contribution < 1.29 is 22.7 Å². The number of sulfonamides is 1. The number of carbonyl (C=O) groups is 1. The standard InChI is InChI=1S/C23H30N2O5S/c1-29-21-15-14-20(16-22(21)30-2)31(27,28)25-19-12-10-17(11-13-19)23(26)24-18-8-6-4-3-5-7-9-18/h10-16,18,25H,3-9H2,1-2H3,(H,24,26). The Hall–Kier alpha value is -2.74. The third kappa shape index (κ3) is 6.13. The summed E-state index contributed by atoms with van der Waals surface area (Å²) in [6, 6.07) is 11.0. The van der Waals surface area contributed by atoms with Crippen LogP contribution in [-0.2, 0) is 10.0 Å². The van der Waals surface area contributed by atoms with Gasteiger partial charge in [-0.1, -0.05) is 32.1 Å². The molecular weight excluding hydrogens is 416 g/mol. The molecule has 2 aromatic carbocycles. The third-order valence-corrected chi connectivity index (χ3v) is 6.88. The van der Waals surface area contributed by atoms with E-state index in [0.29, 0.717) is 22.7 Å². The fourth-order valence-corrected chi connectivity index (χ4v) is 4.83. The van der Waals surface area contributed by atoms with Crippen molar-refractivity contribution in [3.63, 3.8) is 0 Å². The van der Waals surface area contributed by atoms with Gasteiger partial charge < -0.3 is 14.8 Å². The van der Waals surface area contributed by atoms with Crippen LogP contribution in [0.4, 0.5) is 5.69 Å². The van der Waals surface area contributed by atoms with Gasteiger partial charge in [0.1, 0.15) is 0 Å². The molecule has 0 saturated heterocycles. The zero-order valence-electron chi connectivity index (χ0n) is 18.0. The summed E-state index contributed by atoms with van der Waals surface area (Å²) in [7, 11) is -0.888. The Morgan fingerprint density at radius 1 is 0.871 bits per heavy atom. The number of hydrogen-bond donors (Lipinski definition) is 2. The average molecular weight is 447 g/mol. The van der Waals surface area contributed by atoms with Crippen LogP contribution in [0.15, 0.2) is 47.4 Å². The van der Waals surface area contributed by atoms with E-state index in [4.69, 9.17) is 9.47 Å². The van der Waals surface area contributed by atoms with Gasteiger partial charge in [-0.15, -0.1) is 0 Å². The quantitative estimate of drug-likeness (QED) is 0.660. The number of ether oxygens (including phenoxy) is 2. The molecule has 0 radical (unpaired) electrons. The maximum Gasteiger partial charge on any atom is 0.262 e. The van der Waals surface area contributed by atoms with E-state index >= 15 is 0 Å². The Morgan fingerprint density at radius 3 is 2.10 bits per heavy atom. The maximum atomic E-state index is 12.7. The summed E-state index contributed by atoms with van der Waals surface area (Å²) in [6.07, 6.45) is 8.03. The minimum atomic E-state index is -3.82. The number of carbonyl (C=O) groups excluding carboxylic acids is 1. The van der Waals surface area contributed by atoms with E-state index in [1.165, 1.54) is 51.7 Å². The molecule has 0 heterocycles. The molecule has 31 heavy (non-hydrogen) atoms. The molecule has 2 aromatic rings. The second-order valence-electron chi connectivity index (χ2n) is 7.72. The van der Waals surface area contributed by atoms with Crippen molar-refractivity contribution in [1.29, 1.82) is 0 Å². The van der Waals surface area contributed by atoms with Gasteiger partial charge in [0, 0.05) is 23.4 Å². The van der Waals surface area contributed by atoms with E-state index in [0.717, 1.165) is 25.7 Å². The van der Waals surface area contributed by atoms with Gasteiger partial charge >= 0.3 is 0 Å². The number of anilines is 1. The van der Waals surface area contributed by atoms with Crippen LogP contribution < -0.4 is 19.5 Å². The van der Waals surface area contributed by atoms with Crippen LogP contribution in [0.1, 0.15) is 55.3 Å². The van der Waals surface area contributed by atoms with Gasteiger partial charge in [0.2, 0.25) is 0 Å². The molecule has 2 N–H and O–H groups in total. The Morgan fingerprint density at radius 2 is 1.48 bits per heavy atom. The molecule has 0 atom stereocenters. The summed E-state index contributed by atoms with van der Waals surface area (Å²) in [6.45, 7) is 0. The first-order valence-corrected chi connectivity index (χ1v) is 12.1. The van der Waals surface area contributed by atoms with E-state index in [9.17, 15) is 13.2 Å². The first-order valence-electron chi connectivity index (χ1n) is 10.6. The lowest BCUT2D eigenvalue weighted by atomic mass is 9.96. The van der Waals surface area contributed by atoms with Gasteiger partial charge in [0.05, 0.1) is 19.1 Å². The predicted octanol–water partition coefficient (Wildman–Crippen LogP) is 4.35. The number of amides is 1. The first kappa shape index (κ1) is 22.9. The Balaban J connectivity index is 1.66.